The largest absolute Gasteiger partial charge is 0.326 e. The molecular weight excluding hydrogens is 348 g/mol. The summed E-state index contributed by atoms with van der Waals surface area (Å²) in [5.74, 6) is -0.204. The molecule has 2 rings (SSSR count). The lowest BCUT2D eigenvalue weighted by Gasteiger charge is -2.32. The molecule has 1 N–H and O–H groups in total. The third-order valence-electron chi connectivity index (χ3n) is 4.44. The zero-order valence-electron chi connectivity index (χ0n) is 14.2. The fraction of sp³-hybridized carbons (Fsp3) is 0.588. The Morgan fingerprint density at radius 1 is 1.29 bits per heavy atom. The second-order valence-corrected chi connectivity index (χ2v) is 8.79. The van der Waals surface area contributed by atoms with Gasteiger partial charge in [-0.15, -0.1) is 0 Å². The summed E-state index contributed by atoms with van der Waals surface area (Å²) >= 11 is 5.95. The van der Waals surface area contributed by atoms with Gasteiger partial charge in [0.15, 0.2) is 0 Å². The molecule has 0 bridgehead atoms. The molecule has 0 aliphatic heterocycles. The maximum Gasteiger partial charge on any atom is 0.225 e. The van der Waals surface area contributed by atoms with Crippen molar-refractivity contribution in [2.24, 2.45) is 0 Å². The first-order valence-corrected chi connectivity index (χ1v) is 10.5. The number of hydrogen-bond acceptors (Lipinski definition) is 3. The molecule has 1 aromatic rings. The zero-order valence-corrected chi connectivity index (χ0v) is 15.8. The molecule has 5 nitrogen and oxygen atoms in total. The van der Waals surface area contributed by atoms with E-state index < -0.39 is 10.0 Å². The Balaban J connectivity index is 1.98. The van der Waals surface area contributed by atoms with E-state index in [9.17, 15) is 13.2 Å². The van der Waals surface area contributed by atoms with Gasteiger partial charge in [-0.25, -0.2) is 8.42 Å². The molecule has 0 unspecified atom stereocenters. The lowest BCUT2D eigenvalue weighted by Crippen LogP contribution is -2.42. The van der Waals surface area contributed by atoms with E-state index in [2.05, 4.69) is 5.32 Å². The van der Waals surface area contributed by atoms with Crippen LogP contribution in [-0.2, 0) is 14.8 Å². The maximum atomic E-state index is 12.2. The predicted octanol–water partition coefficient (Wildman–Crippen LogP) is 3.57. The van der Waals surface area contributed by atoms with Crippen LogP contribution >= 0.6 is 11.6 Å². The van der Waals surface area contributed by atoms with E-state index in [0.717, 1.165) is 37.7 Å². The molecule has 0 heterocycles. The molecule has 1 fully saturated rings. The first-order valence-electron chi connectivity index (χ1n) is 8.30. The van der Waals surface area contributed by atoms with Gasteiger partial charge in [-0.05, 0) is 37.5 Å². The SMILES string of the molecule is Cc1ccc(Cl)cc1NC(=O)CCN(C1CCCCC1)S(C)(=O)=O. The minimum Gasteiger partial charge on any atom is -0.326 e. The second-order valence-electron chi connectivity index (χ2n) is 6.42. The van der Waals surface area contributed by atoms with Crippen molar-refractivity contribution in [3.63, 3.8) is 0 Å². The molecule has 0 aromatic heterocycles. The molecule has 7 heteroatoms. The van der Waals surface area contributed by atoms with Gasteiger partial charge in [0.2, 0.25) is 15.9 Å². The lowest BCUT2D eigenvalue weighted by molar-refractivity contribution is -0.116. The normalized spacial score (nSPS) is 16.3. The van der Waals surface area contributed by atoms with Crippen molar-refractivity contribution in [1.82, 2.24) is 4.31 Å². The van der Waals surface area contributed by atoms with Crippen molar-refractivity contribution >= 4 is 33.2 Å². The monoisotopic (exact) mass is 372 g/mol. The highest BCUT2D eigenvalue weighted by molar-refractivity contribution is 7.88. The van der Waals surface area contributed by atoms with Crippen LogP contribution in [0.4, 0.5) is 5.69 Å². The molecule has 1 aromatic carbocycles. The van der Waals surface area contributed by atoms with Crippen LogP contribution in [0.1, 0.15) is 44.1 Å². The van der Waals surface area contributed by atoms with Crippen molar-refractivity contribution in [1.29, 1.82) is 0 Å². The number of hydrogen-bond donors (Lipinski definition) is 1. The van der Waals surface area contributed by atoms with Crippen molar-refractivity contribution in [3.8, 4) is 0 Å². The Morgan fingerprint density at radius 3 is 2.58 bits per heavy atom. The van der Waals surface area contributed by atoms with Gasteiger partial charge in [0.25, 0.3) is 0 Å². The highest BCUT2D eigenvalue weighted by Gasteiger charge is 2.28. The molecule has 0 spiro atoms. The number of halogens is 1. The fourth-order valence-electron chi connectivity index (χ4n) is 3.14. The first kappa shape index (κ1) is 19.2. The Morgan fingerprint density at radius 2 is 1.96 bits per heavy atom. The standard InChI is InChI=1S/C17H25ClN2O3S/c1-13-8-9-14(18)12-16(13)19-17(21)10-11-20(24(2,22)23)15-6-4-3-5-7-15/h8-9,12,15H,3-7,10-11H2,1-2H3,(H,19,21). The van der Waals surface area contributed by atoms with Gasteiger partial charge in [-0.1, -0.05) is 36.9 Å². The minimum atomic E-state index is -3.32. The molecular formula is C17H25ClN2O3S. The number of nitrogens with zero attached hydrogens (tertiary/aromatic N) is 1. The molecule has 1 aliphatic rings. The quantitative estimate of drug-likeness (QED) is 0.830. The summed E-state index contributed by atoms with van der Waals surface area (Å²) in [6.45, 7) is 2.10. The van der Waals surface area contributed by atoms with Crippen molar-refractivity contribution in [2.75, 3.05) is 18.1 Å². The van der Waals surface area contributed by atoms with Gasteiger partial charge in [0, 0.05) is 29.7 Å². The maximum absolute atomic E-state index is 12.2. The van der Waals surface area contributed by atoms with Crippen LogP contribution in [0.25, 0.3) is 0 Å². The van der Waals surface area contributed by atoms with Gasteiger partial charge in [-0.3, -0.25) is 4.79 Å². The Bertz CT molecular complexity index is 685. The van der Waals surface area contributed by atoms with Gasteiger partial charge in [-0.2, -0.15) is 4.31 Å². The third-order valence-corrected chi connectivity index (χ3v) is 6.01. The Labute approximate surface area is 149 Å². The average Bonchev–Trinajstić information content (AvgIpc) is 2.51. The highest BCUT2D eigenvalue weighted by Crippen LogP contribution is 2.25. The molecule has 0 radical (unpaired) electrons. The summed E-state index contributed by atoms with van der Waals surface area (Å²) in [4.78, 5) is 12.2. The summed E-state index contributed by atoms with van der Waals surface area (Å²) in [6, 6.07) is 5.32. The number of anilines is 1. The van der Waals surface area contributed by atoms with Gasteiger partial charge in [0.05, 0.1) is 6.26 Å². The van der Waals surface area contributed by atoms with Gasteiger partial charge in [0.1, 0.15) is 0 Å². The van der Waals surface area contributed by atoms with Crippen LogP contribution in [0.5, 0.6) is 0 Å². The van der Waals surface area contributed by atoms with Gasteiger partial charge < -0.3 is 5.32 Å². The topological polar surface area (TPSA) is 66.5 Å². The Kier molecular flexibility index (Phi) is 6.66. The second kappa shape index (κ2) is 8.32. The molecule has 0 atom stereocenters. The number of aryl methyl sites for hydroxylation is 1. The van der Waals surface area contributed by atoms with Crippen LogP contribution in [0.15, 0.2) is 18.2 Å². The van der Waals surface area contributed by atoms with E-state index in [1.54, 1.807) is 12.1 Å². The number of carbonyl (C=O) groups excluding carboxylic acids is 1. The molecule has 0 saturated heterocycles. The number of rotatable bonds is 6. The van der Waals surface area contributed by atoms with Crippen molar-refractivity contribution in [3.05, 3.63) is 28.8 Å². The molecule has 1 amide bonds. The molecule has 1 aliphatic carbocycles. The van der Waals surface area contributed by atoms with E-state index in [-0.39, 0.29) is 24.9 Å². The fourth-order valence-corrected chi connectivity index (χ4v) is 4.49. The third kappa shape index (κ3) is 5.46. The number of amides is 1. The number of nitrogens with one attached hydrogen (secondary N) is 1. The van der Waals surface area contributed by atoms with Gasteiger partial charge >= 0.3 is 0 Å². The number of carbonyl (C=O) groups is 1. The van der Waals surface area contributed by atoms with Crippen LogP contribution < -0.4 is 5.32 Å². The highest BCUT2D eigenvalue weighted by atomic mass is 35.5. The van der Waals surface area contributed by atoms with Crippen molar-refractivity contribution in [2.45, 2.75) is 51.5 Å². The predicted molar refractivity (Wildman–Crippen MR) is 97.9 cm³/mol. The van der Waals surface area contributed by atoms with Crippen LogP contribution in [-0.4, -0.2) is 37.5 Å². The molecule has 1 saturated carbocycles. The summed E-state index contributed by atoms with van der Waals surface area (Å²) in [7, 11) is -3.32. The van der Waals surface area contributed by atoms with E-state index in [4.69, 9.17) is 11.6 Å². The van der Waals surface area contributed by atoms with Crippen molar-refractivity contribution < 1.29 is 13.2 Å². The van der Waals surface area contributed by atoms with E-state index >= 15 is 0 Å². The lowest BCUT2D eigenvalue weighted by atomic mass is 9.95. The molecule has 134 valence electrons. The summed E-state index contributed by atoms with van der Waals surface area (Å²) in [5, 5.41) is 3.37. The number of benzene rings is 1. The van der Waals surface area contributed by atoms with Crippen LogP contribution in [0, 0.1) is 6.92 Å². The minimum absolute atomic E-state index is 0.0226. The van der Waals surface area contributed by atoms with Crippen LogP contribution in [0.2, 0.25) is 5.02 Å². The Hall–Kier alpha value is -1.11. The van der Waals surface area contributed by atoms with E-state index in [1.807, 2.05) is 13.0 Å². The van der Waals surface area contributed by atoms with E-state index in [0.29, 0.717) is 10.7 Å². The molecule has 24 heavy (non-hydrogen) atoms. The average molecular weight is 373 g/mol. The summed E-state index contributed by atoms with van der Waals surface area (Å²) in [5.41, 5.74) is 1.58. The number of sulfonamides is 1. The smallest absolute Gasteiger partial charge is 0.225 e. The first-order chi connectivity index (χ1) is 11.3. The zero-order chi connectivity index (χ0) is 17.7. The van der Waals surface area contributed by atoms with Crippen LogP contribution in [0.3, 0.4) is 0 Å². The van der Waals surface area contributed by atoms with E-state index in [1.165, 1.54) is 10.6 Å². The summed E-state index contributed by atoms with van der Waals surface area (Å²) in [6.07, 6.45) is 6.36. The summed E-state index contributed by atoms with van der Waals surface area (Å²) < 4.78 is 25.7.